The number of pyridine rings is 1. The van der Waals surface area contributed by atoms with Crippen LogP contribution < -0.4 is 10.4 Å². The third-order valence-corrected chi connectivity index (χ3v) is 5.11. The van der Waals surface area contributed by atoms with E-state index < -0.39 is 12.8 Å². The van der Waals surface area contributed by atoms with Crippen LogP contribution in [0.2, 0.25) is 0 Å². The Balaban J connectivity index is 1.40. The zero-order valence-electron chi connectivity index (χ0n) is 15.9. The molecule has 7 nitrogen and oxygen atoms in total. The molecule has 10 heteroatoms. The van der Waals surface area contributed by atoms with Gasteiger partial charge in [-0.25, -0.2) is 9.78 Å². The van der Waals surface area contributed by atoms with Crippen molar-refractivity contribution in [2.45, 2.75) is 25.1 Å². The van der Waals surface area contributed by atoms with Gasteiger partial charge in [-0.05, 0) is 31.0 Å². The molecule has 1 fully saturated rings. The summed E-state index contributed by atoms with van der Waals surface area (Å²) in [5, 5.41) is 0. The fourth-order valence-corrected chi connectivity index (χ4v) is 3.69. The van der Waals surface area contributed by atoms with Crippen LogP contribution in [-0.2, 0) is 0 Å². The molecule has 0 bridgehead atoms. The molecule has 0 radical (unpaired) electrons. The Labute approximate surface area is 169 Å². The Hall–Kier alpha value is -3.30. The van der Waals surface area contributed by atoms with Gasteiger partial charge in [0.25, 0.3) is 5.91 Å². The molecule has 1 N–H and O–H groups in total. The van der Waals surface area contributed by atoms with Gasteiger partial charge in [-0.2, -0.15) is 13.2 Å². The van der Waals surface area contributed by atoms with Crippen LogP contribution in [0.25, 0.3) is 11.0 Å². The van der Waals surface area contributed by atoms with E-state index >= 15 is 0 Å². The number of halogens is 3. The number of amides is 1. The highest BCUT2D eigenvalue weighted by molar-refractivity contribution is 5.94. The summed E-state index contributed by atoms with van der Waals surface area (Å²) in [6, 6.07) is 10.1. The second-order valence-corrected chi connectivity index (χ2v) is 7.13. The lowest BCUT2D eigenvalue weighted by Crippen LogP contribution is -2.40. The molecule has 0 aliphatic carbocycles. The number of nitrogens with one attached hydrogen (secondary N) is 1. The molecule has 30 heavy (non-hydrogen) atoms. The fraction of sp³-hybridized carbons (Fsp3) is 0.350. The van der Waals surface area contributed by atoms with E-state index in [0.29, 0.717) is 25.9 Å². The Morgan fingerprint density at radius 3 is 2.57 bits per heavy atom. The maximum atomic E-state index is 12.7. The van der Waals surface area contributed by atoms with E-state index in [-0.39, 0.29) is 29.1 Å². The van der Waals surface area contributed by atoms with Crippen molar-refractivity contribution in [2.75, 3.05) is 19.7 Å². The van der Waals surface area contributed by atoms with Crippen LogP contribution in [0.3, 0.4) is 0 Å². The number of nitrogens with zero attached hydrogens (tertiary/aromatic N) is 3. The van der Waals surface area contributed by atoms with Crippen LogP contribution in [0, 0.1) is 0 Å². The van der Waals surface area contributed by atoms with Crippen molar-refractivity contribution in [1.29, 1.82) is 0 Å². The number of aromatic nitrogens is 3. The van der Waals surface area contributed by atoms with E-state index in [1.165, 1.54) is 18.3 Å². The van der Waals surface area contributed by atoms with Crippen LogP contribution in [-0.4, -0.2) is 51.2 Å². The molecule has 1 aliphatic rings. The molecule has 1 aromatic carbocycles. The quantitative estimate of drug-likeness (QED) is 0.703. The predicted octanol–water partition coefficient (Wildman–Crippen LogP) is 3.14. The van der Waals surface area contributed by atoms with Gasteiger partial charge in [0.1, 0.15) is 0 Å². The largest absolute Gasteiger partial charge is 0.468 e. The second kappa shape index (κ2) is 7.85. The van der Waals surface area contributed by atoms with Crippen LogP contribution in [0.15, 0.2) is 47.4 Å². The number of piperidine rings is 1. The zero-order chi connectivity index (χ0) is 21.3. The van der Waals surface area contributed by atoms with Crippen molar-refractivity contribution >= 4 is 16.9 Å². The summed E-state index contributed by atoms with van der Waals surface area (Å²) in [6.45, 7) is -0.516. The smallest absolute Gasteiger partial charge is 0.422 e. The Kier molecular flexibility index (Phi) is 5.23. The minimum atomic E-state index is -4.45. The first-order valence-corrected chi connectivity index (χ1v) is 9.46. The van der Waals surface area contributed by atoms with Crippen molar-refractivity contribution in [3.8, 4) is 5.88 Å². The van der Waals surface area contributed by atoms with Crippen LogP contribution in [0.1, 0.15) is 29.2 Å². The van der Waals surface area contributed by atoms with Crippen LogP contribution >= 0.6 is 0 Å². The zero-order valence-corrected chi connectivity index (χ0v) is 15.9. The van der Waals surface area contributed by atoms with Gasteiger partial charge in [0.15, 0.2) is 6.61 Å². The summed E-state index contributed by atoms with van der Waals surface area (Å²) in [5.41, 5.74) is 1.72. The first-order valence-electron chi connectivity index (χ1n) is 9.46. The lowest BCUT2D eigenvalue weighted by Gasteiger charge is -2.32. The Morgan fingerprint density at radius 1 is 1.17 bits per heavy atom. The molecule has 3 aromatic rings. The van der Waals surface area contributed by atoms with Gasteiger partial charge in [0.2, 0.25) is 5.88 Å². The van der Waals surface area contributed by atoms with Crippen molar-refractivity contribution in [1.82, 2.24) is 19.4 Å². The molecular formula is C20H19F3N4O3. The average molecular weight is 420 g/mol. The van der Waals surface area contributed by atoms with Gasteiger partial charge in [-0.1, -0.05) is 12.1 Å². The molecule has 0 unspecified atom stereocenters. The van der Waals surface area contributed by atoms with Crippen molar-refractivity contribution in [2.24, 2.45) is 0 Å². The summed E-state index contributed by atoms with van der Waals surface area (Å²) >= 11 is 0. The number of rotatable bonds is 4. The minimum Gasteiger partial charge on any atom is -0.468 e. The molecule has 0 spiro atoms. The third kappa shape index (κ3) is 4.17. The van der Waals surface area contributed by atoms with E-state index in [1.807, 2.05) is 24.3 Å². The van der Waals surface area contributed by atoms with Gasteiger partial charge in [-0.15, -0.1) is 0 Å². The lowest BCUT2D eigenvalue weighted by molar-refractivity contribution is -0.154. The Morgan fingerprint density at radius 2 is 1.90 bits per heavy atom. The van der Waals surface area contributed by atoms with Crippen molar-refractivity contribution in [3.63, 3.8) is 0 Å². The average Bonchev–Trinajstić information content (AvgIpc) is 3.07. The maximum Gasteiger partial charge on any atom is 0.422 e. The molecule has 2 aromatic heterocycles. The second-order valence-electron chi connectivity index (χ2n) is 7.13. The first-order chi connectivity index (χ1) is 14.3. The fourth-order valence-electron chi connectivity index (χ4n) is 3.69. The molecule has 1 amide bonds. The number of carbonyl (C=O) groups excluding carboxylic acids is 1. The van der Waals surface area contributed by atoms with Crippen molar-refractivity contribution < 1.29 is 22.7 Å². The summed E-state index contributed by atoms with van der Waals surface area (Å²) in [4.78, 5) is 33.3. The maximum absolute atomic E-state index is 12.7. The topological polar surface area (TPSA) is 80.2 Å². The molecule has 0 saturated carbocycles. The molecule has 1 aliphatic heterocycles. The van der Waals surface area contributed by atoms with Crippen molar-refractivity contribution in [3.05, 3.63) is 58.6 Å². The summed E-state index contributed by atoms with van der Waals surface area (Å²) < 4.78 is 42.9. The Bertz CT molecular complexity index is 1100. The SMILES string of the molecule is O=C(c1ccc(OCC(F)(F)F)nc1)N1CCC(n2c(=O)[nH]c3ccccc32)CC1. The number of aromatic amines is 1. The number of fused-ring (bicyclic) bond motifs is 1. The number of hydrogen-bond donors (Lipinski definition) is 1. The number of likely N-dealkylation sites (tertiary alicyclic amines) is 1. The normalized spacial score (nSPS) is 15.5. The highest BCUT2D eigenvalue weighted by atomic mass is 19.4. The lowest BCUT2D eigenvalue weighted by atomic mass is 10.0. The summed E-state index contributed by atoms with van der Waals surface area (Å²) in [5.74, 6) is -0.448. The van der Waals surface area contributed by atoms with E-state index in [1.54, 1.807) is 9.47 Å². The van der Waals surface area contributed by atoms with Gasteiger partial charge in [-0.3, -0.25) is 9.36 Å². The number of para-hydroxylation sites is 2. The number of hydrogen-bond acceptors (Lipinski definition) is 4. The first kappa shape index (κ1) is 20.0. The molecule has 0 atom stereocenters. The number of benzene rings is 1. The molecule has 1 saturated heterocycles. The van der Waals surface area contributed by atoms with E-state index in [0.717, 1.165) is 11.0 Å². The van der Waals surface area contributed by atoms with Crippen LogP contribution in [0.4, 0.5) is 13.2 Å². The van der Waals surface area contributed by atoms with Gasteiger partial charge >= 0.3 is 11.9 Å². The van der Waals surface area contributed by atoms with E-state index in [2.05, 4.69) is 14.7 Å². The molecular weight excluding hydrogens is 401 g/mol. The highest BCUT2D eigenvalue weighted by Crippen LogP contribution is 2.26. The molecule has 158 valence electrons. The molecule has 3 heterocycles. The third-order valence-electron chi connectivity index (χ3n) is 5.11. The van der Waals surface area contributed by atoms with E-state index in [4.69, 9.17) is 0 Å². The van der Waals surface area contributed by atoms with Gasteiger partial charge < -0.3 is 14.6 Å². The number of alkyl halides is 3. The van der Waals surface area contributed by atoms with Gasteiger partial charge in [0.05, 0.1) is 16.6 Å². The predicted molar refractivity (Wildman–Crippen MR) is 103 cm³/mol. The number of carbonyl (C=O) groups is 1. The van der Waals surface area contributed by atoms with Crippen LogP contribution in [0.5, 0.6) is 5.88 Å². The number of imidazole rings is 1. The van der Waals surface area contributed by atoms with Gasteiger partial charge in [0, 0.05) is 31.4 Å². The monoisotopic (exact) mass is 420 g/mol. The van der Waals surface area contributed by atoms with E-state index in [9.17, 15) is 22.8 Å². The number of H-pyrrole nitrogens is 1. The summed E-state index contributed by atoms with van der Waals surface area (Å²) in [7, 11) is 0. The molecule has 4 rings (SSSR count). The summed E-state index contributed by atoms with van der Waals surface area (Å²) in [6.07, 6.45) is -2.00. The highest BCUT2D eigenvalue weighted by Gasteiger charge is 2.29. The standard InChI is InChI=1S/C20H19F3N4O3/c21-20(22,23)12-30-17-6-5-13(11-24-17)18(28)26-9-7-14(8-10-26)27-16-4-2-1-3-15(16)25-19(27)29/h1-6,11,14H,7-10,12H2,(H,25,29). The number of ether oxygens (including phenoxy) is 1. The minimum absolute atomic E-state index is 0.0195.